The van der Waals surface area contributed by atoms with Gasteiger partial charge in [0.25, 0.3) is 5.69 Å². The minimum Gasteiger partial charge on any atom is -0.478 e. The number of carbonyl (C=O) groups is 1. The smallest absolute Gasteiger partial charge is 0.339 e. The molecule has 1 fully saturated rings. The van der Waals surface area contributed by atoms with Crippen molar-refractivity contribution in [3.8, 4) is 0 Å². The minimum atomic E-state index is -1.20. The summed E-state index contributed by atoms with van der Waals surface area (Å²) in [6.45, 7) is 3.44. The summed E-state index contributed by atoms with van der Waals surface area (Å²) in [7, 11) is 0. The molecule has 0 amide bonds. The van der Waals surface area contributed by atoms with Crippen molar-refractivity contribution in [2.45, 2.75) is 12.2 Å². The number of hydrogen-bond donors (Lipinski definition) is 1. The molecule has 1 atom stereocenters. The fourth-order valence-corrected chi connectivity index (χ4v) is 2.98. The van der Waals surface area contributed by atoms with Gasteiger partial charge in [-0.1, -0.05) is 6.92 Å². The van der Waals surface area contributed by atoms with Gasteiger partial charge in [0.05, 0.1) is 4.92 Å². The number of pyridine rings is 1. The summed E-state index contributed by atoms with van der Waals surface area (Å²) in [5.74, 6) is 0.00106. The van der Waals surface area contributed by atoms with Gasteiger partial charge in [-0.25, -0.2) is 9.78 Å². The molecule has 7 nitrogen and oxygen atoms in total. The summed E-state index contributed by atoms with van der Waals surface area (Å²) >= 11 is 1.81. The van der Waals surface area contributed by atoms with Crippen molar-refractivity contribution in [2.75, 3.05) is 23.7 Å². The zero-order valence-corrected chi connectivity index (χ0v) is 11.1. The highest BCUT2D eigenvalue weighted by molar-refractivity contribution is 8.00. The summed E-state index contributed by atoms with van der Waals surface area (Å²) in [5, 5.41) is 20.2. The number of carboxylic acids is 1. The molecule has 0 spiro atoms. The van der Waals surface area contributed by atoms with E-state index in [4.69, 9.17) is 0 Å². The lowest BCUT2D eigenvalue weighted by molar-refractivity contribution is -0.385. The maximum atomic E-state index is 11.2. The maximum Gasteiger partial charge on any atom is 0.339 e. The Balaban J connectivity index is 2.38. The van der Waals surface area contributed by atoms with Gasteiger partial charge >= 0.3 is 5.97 Å². The van der Waals surface area contributed by atoms with Crippen LogP contribution in [0.15, 0.2) is 12.3 Å². The van der Waals surface area contributed by atoms with Crippen LogP contribution in [0.2, 0.25) is 0 Å². The van der Waals surface area contributed by atoms with Gasteiger partial charge in [0.15, 0.2) is 0 Å². The number of anilines is 1. The van der Waals surface area contributed by atoms with E-state index in [0.29, 0.717) is 24.2 Å². The lowest BCUT2D eigenvalue weighted by atomic mass is 10.2. The van der Waals surface area contributed by atoms with Crippen LogP contribution in [0.25, 0.3) is 0 Å². The van der Waals surface area contributed by atoms with Crippen LogP contribution in [-0.2, 0) is 0 Å². The predicted molar refractivity (Wildman–Crippen MR) is 72.0 cm³/mol. The molecule has 1 saturated heterocycles. The van der Waals surface area contributed by atoms with Gasteiger partial charge in [0, 0.05) is 30.2 Å². The highest BCUT2D eigenvalue weighted by Gasteiger charge is 2.25. The van der Waals surface area contributed by atoms with Crippen LogP contribution in [0.4, 0.5) is 11.5 Å². The number of aromatic nitrogens is 1. The first kappa shape index (κ1) is 13.6. The van der Waals surface area contributed by atoms with E-state index >= 15 is 0 Å². The molecule has 0 radical (unpaired) electrons. The molecule has 1 aromatic heterocycles. The van der Waals surface area contributed by atoms with Gasteiger partial charge in [-0.05, 0) is 0 Å². The number of hydrogen-bond acceptors (Lipinski definition) is 6. The van der Waals surface area contributed by atoms with Crippen molar-refractivity contribution < 1.29 is 14.8 Å². The Morgan fingerprint density at radius 2 is 2.42 bits per heavy atom. The Morgan fingerprint density at radius 1 is 1.68 bits per heavy atom. The first-order chi connectivity index (χ1) is 8.99. The van der Waals surface area contributed by atoms with E-state index < -0.39 is 10.9 Å². The number of nitro groups is 1. The van der Waals surface area contributed by atoms with E-state index in [2.05, 4.69) is 11.9 Å². The van der Waals surface area contributed by atoms with Gasteiger partial charge in [0.2, 0.25) is 0 Å². The molecule has 1 aliphatic rings. The summed E-state index contributed by atoms with van der Waals surface area (Å²) in [6, 6.07) is 1.07. The van der Waals surface area contributed by atoms with E-state index in [-0.39, 0.29) is 11.3 Å². The number of nitrogens with zero attached hydrogens (tertiary/aromatic N) is 3. The van der Waals surface area contributed by atoms with Crippen molar-refractivity contribution in [1.29, 1.82) is 0 Å². The Hall–Kier alpha value is -1.83. The van der Waals surface area contributed by atoms with Gasteiger partial charge < -0.3 is 10.0 Å². The van der Waals surface area contributed by atoms with Crippen LogP contribution in [-0.4, -0.2) is 45.1 Å². The molecular formula is C11H13N3O4S. The largest absolute Gasteiger partial charge is 0.478 e. The average Bonchev–Trinajstić information content (AvgIpc) is 2.37. The molecule has 102 valence electrons. The SMILES string of the molecule is CC1CN(c2ncc([N+](=O)[O-])cc2C(=O)O)CCS1. The van der Waals surface area contributed by atoms with E-state index in [0.717, 1.165) is 18.0 Å². The number of aromatic carboxylic acids is 1. The molecule has 0 aromatic carbocycles. The van der Waals surface area contributed by atoms with Crippen LogP contribution in [0.5, 0.6) is 0 Å². The topological polar surface area (TPSA) is 96.6 Å². The third-order valence-electron chi connectivity index (χ3n) is 2.83. The monoisotopic (exact) mass is 283 g/mol. The molecule has 2 rings (SSSR count). The molecule has 1 aromatic rings. The van der Waals surface area contributed by atoms with Crippen LogP contribution < -0.4 is 4.90 Å². The second kappa shape index (κ2) is 5.43. The maximum absolute atomic E-state index is 11.2. The molecule has 8 heteroatoms. The summed E-state index contributed by atoms with van der Waals surface area (Å²) in [5.41, 5.74) is -0.422. The minimum absolute atomic E-state index is 0.117. The fraction of sp³-hybridized carbons (Fsp3) is 0.455. The lowest BCUT2D eigenvalue weighted by Crippen LogP contribution is -2.38. The third-order valence-corrected chi connectivity index (χ3v) is 3.97. The Kier molecular flexibility index (Phi) is 3.89. The van der Waals surface area contributed by atoms with E-state index in [1.54, 1.807) is 0 Å². The van der Waals surface area contributed by atoms with E-state index in [9.17, 15) is 20.0 Å². The number of thioether (sulfide) groups is 1. The average molecular weight is 283 g/mol. The van der Waals surface area contributed by atoms with Crippen LogP contribution in [0.1, 0.15) is 17.3 Å². The van der Waals surface area contributed by atoms with Crippen LogP contribution >= 0.6 is 11.8 Å². The fourth-order valence-electron chi connectivity index (χ4n) is 1.97. The number of carboxylic acid groups (broad SMARTS) is 1. The molecule has 1 N–H and O–H groups in total. The first-order valence-electron chi connectivity index (χ1n) is 5.73. The highest BCUT2D eigenvalue weighted by atomic mass is 32.2. The van der Waals surface area contributed by atoms with Gasteiger partial charge in [-0.2, -0.15) is 11.8 Å². The molecule has 0 bridgehead atoms. The van der Waals surface area contributed by atoms with Gasteiger partial charge in [-0.15, -0.1) is 0 Å². The molecule has 2 heterocycles. The van der Waals surface area contributed by atoms with Crippen molar-refractivity contribution >= 4 is 29.2 Å². The normalized spacial score (nSPS) is 19.2. The third kappa shape index (κ3) is 2.95. The first-order valence-corrected chi connectivity index (χ1v) is 6.78. The Labute approximate surface area is 113 Å². The molecule has 0 saturated carbocycles. The van der Waals surface area contributed by atoms with E-state index in [1.165, 1.54) is 0 Å². The summed E-state index contributed by atoms with van der Waals surface area (Å²) < 4.78 is 0. The van der Waals surface area contributed by atoms with Crippen LogP contribution in [0, 0.1) is 10.1 Å². The second-order valence-electron chi connectivity index (χ2n) is 4.25. The van der Waals surface area contributed by atoms with Gasteiger partial charge in [0.1, 0.15) is 17.6 Å². The molecule has 19 heavy (non-hydrogen) atoms. The number of rotatable bonds is 3. The van der Waals surface area contributed by atoms with Crippen molar-refractivity contribution in [3.63, 3.8) is 0 Å². The van der Waals surface area contributed by atoms with Crippen molar-refractivity contribution in [3.05, 3.63) is 27.9 Å². The van der Waals surface area contributed by atoms with Gasteiger partial charge in [-0.3, -0.25) is 10.1 Å². The highest BCUT2D eigenvalue weighted by Crippen LogP contribution is 2.27. The zero-order valence-electron chi connectivity index (χ0n) is 10.3. The molecule has 1 aliphatic heterocycles. The zero-order chi connectivity index (χ0) is 14.0. The second-order valence-corrected chi connectivity index (χ2v) is 5.80. The van der Waals surface area contributed by atoms with Crippen molar-refractivity contribution in [2.24, 2.45) is 0 Å². The summed E-state index contributed by atoms with van der Waals surface area (Å²) in [6.07, 6.45) is 1.11. The van der Waals surface area contributed by atoms with E-state index in [1.807, 2.05) is 16.7 Å². The summed E-state index contributed by atoms with van der Waals surface area (Å²) in [4.78, 5) is 27.1. The lowest BCUT2D eigenvalue weighted by Gasteiger charge is -2.32. The van der Waals surface area contributed by atoms with Crippen molar-refractivity contribution in [1.82, 2.24) is 4.98 Å². The molecule has 0 aliphatic carbocycles. The predicted octanol–water partition coefficient (Wildman–Crippen LogP) is 1.63. The Morgan fingerprint density at radius 3 is 3.00 bits per heavy atom. The quantitative estimate of drug-likeness (QED) is 0.665. The standard InChI is InChI=1S/C11H13N3O4S/c1-7-6-13(2-3-19-7)10-9(11(15)16)4-8(5-12-10)14(17)18/h4-5,7H,2-3,6H2,1H3,(H,15,16). The molecule has 1 unspecified atom stereocenters. The van der Waals surface area contributed by atoms with Crippen LogP contribution in [0.3, 0.4) is 0 Å². The Bertz CT molecular complexity index is 523. The molecular weight excluding hydrogens is 270 g/mol.